The lowest BCUT2D eigenvalue weighted by atomic mass is 10.1. The molecule has 2 aliphatic rings. The minimum atomic E-state index is -0.633. The first kappa shape index (κ1) is 16.6. The van der Waals surface area contributed by atoms with Gasteiger partial charge in [0, 0.05) is 30.8 Å². The van der Waals surface area contributed by atoms with Crippen LogP contribution in [0.25, 0.3) is 0 Å². The molecule has 2 aromatic carbocycles. The van der Waals surface area contributed by atoms with Gasteiger partial charge in [0.2, 0.25) is 5.91 Å². The summed E-state index contributed by atoms with van der Waals surface area (Å²) in [6, 6.07) is 14.2. The number of urea groups is 1. The fourth-order valence-electron chi connectivity index (χ4n) is 3.73. The van der Waals surface area contributed by atoms with E-state index in [9.17, 15) is 14.7 Å². The van der Waals surface area contributed by atoms with Crippen molar-refractivity contribution in [2.24, 2.45) is 0 Å². The quantitative estimate of drug-likeness (QED) is 0.795. The summed E-state index contributed by atoms with van der Waals surface area (Å²) in [6.07, 6.45) is 1.33. The Morgan fingerprint density at radius 3 is 2.81 bits per heavy atom. The highest BCUT2D eigenvalue weighted by atomic mass is 16.3. The van der Waals surface area contributed by atoms with Gasteiger partial charge in [0.1, 0.15) is 0 Å². The Balaban J connectivity index is 1.45. The summed E-state index contributed by atoms with van der Waals surface area (Å²) in [5.41, 5.74) is 3.41. The van der Waals surface area contributed by atoms with Crippen LogP contribution in [0.1, 0.15) is 30.0 Å². The van der Waals surface area contributed by atoms with Crippen molar-refractivity contribution in [2.45, 2.75) is 31.4 Å². The summed E-state index contributed by atoms with van der Waals surface area (Å²) in [5, 5.41) is 15.9. The van der Waals surface area contributed by atoms with Crippen molar-refractivity contribution in [3.05, 3.63) is 59.7 Å². The van der Waals surface area contributed by atoms with E-state index >= 15 is 0 Å². The van der Waals surface area contributed by atoms with Gasteiger partial charge in [-0.2, -0.15) is 0 Å². The molecule has 1 aliphatic carbocycles. The Bertz CT molecular complexity index is 852. The molecule has 0 aromatic heterocycles. The number of amides is 3. The molecule has 3 amide bonds. The third-order valence-electron chi connectivity index (χ3n) is 4.98. The summed E-state index contributed by atoms with van der Waals surface area (Å²) >= 11 is 0. The van der Waals surface area contributed by atoms with E-state index in [-0.39, 0.29) is 11.9 Å². The number of anilines is 2. The molecule has 0 bridgehead atoms. The van der Waals surface area contributed by atoms with Gasteiger partial charge in [0.15, 0.2) is 0 Å². The molecule has 6 nitrogen and oxygen atoms in total. The number of aliphatic hydroxyl groups is 1. The van der Waals surface area contributed by atoms with Crippen molar-refractivity contribution in [3.63, 3.8) is 0 Å². The molecule has 1 saturated heterocycles. The van der Waals surface area contributed by atoms with Crippen molar-refractivity contribution in [1.29, 1.82) is 0 Å². The molecule has 0 saturated carbocycles. The molecule has 134 valence electrons. The van der Waals surface area contributed by atoms with Gasteiger partial charge >= 0.3 is 6.03 Å². The van der Waals surface area contributed by atoms with E-state index in [1.807, 2.05) is 36.4 Å². The van der Waals surface area contributed by atoms with E-state index in [1.165, 1.54) is 0 Å². The predicted octanol–water partition coefficient (Wildman–Crippen LogP) is 2.59. The molecule has 0 spiro atoms. The molecule has 1 aliphatic heterocycles. The van der Waals surface area contributed by atoms with E-state index in [4.69, 9.17) is 0 Å². The smallest absolute Gasteiger partial charge is 0.319 e. The van der Waals surface area contributed by atoms with Gasteiger partial charge in [0.05, 0.1) is 12.1 Å². The van der Waals surface area contributed by atoms with Crippen LogP contribution in [-0.4, -0.2) is 29.7 Å². The number of carbonyl (C=O) groups is 2. The van der Waals surface area contributed by atoms with Crippen LogP contribution in [0, 0.1) is 0 Å². The number of aliphatic hydroxyl groups excluding tert-OH is 1. The van der Waals surface area contributed by atoms with Gasteiger partial charge in [-0.05, 0) is 35.7 Å². The average Bonchev–Trinajstić information content (AvgIpc) is 3.19. The zero-order valence-corrected chi connectivity index (χ0v) is 14.3. The SMILES string of the molecule is O=C(Nc1cccc(N2CCCC2=O)c1)N[C@@H]1c2ccccc2C[C@@H]1O. The lowest BCUT2D eigenvalue weighted by molar-refractivity contribution is -0.117. The van der Waals surface area contributed by atoms with Crippen LogP contribution in [0.3, 0.4) is 0 Å². The number of fused-ring (bicyclic) bond motifs is 1. The number of nitrogens with one attached hydrogen (secondary N) is 2. The van der Waals surface area contributed by atoms with Crippen LogP contribution in [-0.2, 0) is 11.2 Å². The topological polar surface area (TPSA) is 81.7 Å². The maximum atomic E-state index is 12.4. The number of rotatable bonds is 3. The first-order chi connectivity index (χ1) is 12.6. The first-order valence-corrected chi connectivity index (χ1v) is 8.85. The average molecular weight is 351 g/mol. The van der Waals surface area contributed by atoms with E-state index in [1.54, 1.807) is 17.0 Å². The monoisotopic (exact) mass is 351 g/mol. The maximum absolute atomic E-state index is 12.4. The molecular formula is C20H21N3O3. The molecule has 3 N–H and O–H groups in total. The second-order valence-electron chi connectivity index (χ2n) is 6.75. The Hall–Kier alpha value is -2.86. The second kappa shape index (κ2) is 6.80. The minimum absolute atomic E-state index is 0.109. The van der Waals surface area contributed by atoms with Gasteiger partial charge in [-0.25, -0.2) is 4.79 Å². The molecule has 4 rings (SSSR count). The molecule has 0 radical (unpaired) electrons. The highest BCUT2D eigenvalue weighted by Gasteiger charge is 2.31. The van der Waals surface area contributed by atoms with E-state index in [2.05, 4.69) is 10.6 Å². The number of carbonyl (C=O) groups excluding carboxylic acids is 2. The Morgan fingerprint density at radius 2 is 2.00 bits per heavy atom. The molecule has 2 atom stereocenters. The van der Waals surface area contributed by atoms with Crippen LogP contribution in [0.15, 0.2) is 48.5 Å². The standard InChI is InChI=1S/C20H21N3O3/c24-17-11-13-5-1-2-8-16(13)19(17)22-20(26)21-14-6-3-7-15(12-14)23-10-4-9-18(23)25/h1-3,5-8,12,17,19,24H,4,9-11H2,(H2,21,22,26)/t17-,19+/m0/s1. The minimum Gasteiger partial charge on any atom is -0.390 e. The number of nitrogens with zero attached hydrogens (tertiary/aromatic N) is 1. The van der Waals surface area contributed by atoms with Gasteiger partial charge in [0.25, 0.3) is 0 Å². The van der Waals surface area contributed by atoms with Gasteiger partial charge in [-0.1, -0.05) is 30.3 Å². The maximum Gasteiger partial charge on any atom is 0.319 e. The van der Waals surface area contributed by atoms with Crippen molar-refractivity contribution < 1.29 is 14.7 Å². The van der Waals surface area contributed by atoms with Crippen molar-refractivity contribution in [1.82, 2.24) is 5.32 Å². The lowest BCUT2D eigenvalue weighted by Crippen LogP contribution is -2.36. The molecule has 1 fully saturated rings. The first-order valence-electron chi connectivity index (χ1n) is 8.85. The predicted molar refractivity (Wildman–Crippen MR) is 99.1 cm³/mol. The summed E-state index contributed by atoms with van der Waals surface area (Å²) in [5.74, 6) is 0.109. The van der Waals surface area contributed by atoms with Crippen molar-refractivity contribution in [2.75, 3.05) is 16.8 Å². The molecule has 26 heavy (non-hydrogen) atoms. The van der Waals surface area contributed by atoms with Crippen LogP contribution < -0.4 is 15.5 Å². The number of hydrogen-bond donors (Lipinski definition) is 3. The fourth-order valence-corrected chi connectivity index (χ4v) is 3.73. The zero-order chi connectivity index (χ0) is 18.1. The van der Waals surface area contributed by atoms with Crippen LogP contribution in [0.5, 0.6) is 0 Å². The number of benzene rings is 2. The van der Waals surface area contributed by atoms with Gasteiger partial charge in [-0.3, -0.25) is 4.79 Å². The summed E-state index contributed by atoms with van der Waals surface area (Å²) in [6.45, 7) is 0.708. The Kier molecular flexibility index (Phi) is 4.34. The van der Waals surface area contributed by atoms with Gasteiger partial charge < -0.3 is 20.6 Å². The largest absolute Gasteiger partial charge is 0.390 e. The summed E-state index contributed by atoms with van der Waals surface area (Å²) < 4.78 is 0. The lowest BCUT2D eigenvalue weighted by Gasteiger charge is -2.19. The fraction of sp³-hybridized carbons (Fsp3) is 0.300. The van der Waals surface area contributed by atoms with E-state index in [0.717, 1.165) is 23.2 Å². The highest BCUT2D eigenvalue weighted by Crippen LogP contribution is 2.31. The Labute approximate surface area is 151 Å². The van der Waals surface area contributed by atoms with Crippen molar-refractivity contribution >= 4 is 23.3 Å². The van der Waals surface area contributed by atoms with E-state index < -0.39 is 12.1 Å². The Morgan fingerprint density at radius 1 is 1.15 bits per heavy atom. The summed E-state index contributed by atoms with van der Waals surface area (Å²) in [7, 11) is 0. The van der Waals surface area contributed by atoms with Crippen molar-refractivity contribution in [3.8, 4) is 0 Å². The zero-order valence-electron chi connectivity index (χ0n) is 14.3. The third-order valence-corrected chi connectivity index (χ3v) is 4.98. The number of hydrogen-bond acceptors (Lipinski definition) is 3. The summed E-state index contributed by atoms with van der Waals surface area (Å²) in [4.78, 5) is 26.0. The molecule has 0 unspecified atom stereocenters. The second-order valence-corrected chi connectivity index (χ2v) is 6.75. The van der Waals surface area contributed by atoms with Crippen LogP contribution >= 0.6 is 0 Å². The third kappa shape index (κ3) is 3.15. The van der Waals surface area contributed by atoms with Crippen LogP contribution in [0.4, 0.5) is 16.2 Å². The molecule has 1 heterocycles. The normalized spacial score (nSPS) is 21.6. The molecular weight excluding hydrogens is 330 g/mol. The van der Waals surface area contributed by atoms with E-state index in [0.29, 0.717) is 25.1 Å². The highest BCUT2D eigenvalue weighted by molar-refractivity contribution is 5.96. The van der Waals surface area contributed by atoms with Gasteiger partial charge in [-0.15, -0.1) is 0 Å². The molecule has 2 aromatic rings. The van der Waals surface area contributed by atoms with Crippen LogP contribution in [0.2, 0.25) is 0 Å². The molecule has 6 heteroatoms.